The molecule has 0 unspecified atom stereocenters. The average molecular weight is 288 g/mol. The molecule has 3 aromatic rings. The molecule has 0 aliphatic carbocycles. The Bertz CT molecular complexity index is 900. The average Bonchev–Trinajstić information content (AvgIpc) is 2.80. The summed E-state index contributed by atoms with van der Waals surface area (Å²) < 4.78 is 24.8. The number of aryl methyl sites for hydroxylation is 1. The van der Waals surface area contributed by atoms with Crippen LogP contribution in [-0.2, 0) is 9.84 Å². The van der Waals surface area contributed by atoms with E-state index in [-0.39, 0.29) is 5.16 Å². The monoisotopic (exact) mass is 288 g/mol. The molecule has 3 rings (SSSR count). The summed E-state index contributed by atoms with van der Waals surface area (Å²) in [5, 5.41) is -0.191. The van der Waals surface area contributed by atoms with E-state index < -0.39 is 9.84 Å². The van der Waals surface area contributed by atoms with Gasteiger partial charge in [-0.1, -0.05) is 6.07 Å². The third-order valence-electron chi connectivity index (χ3n) is 2.90. The molecule has 0 aliphatic rings. The van der Waals surface area contributed by atoms with Crippen molar-refractivity contribution in [2.75, 3.05) is 6.26 Å². The second-order valence-electron chi connectivity index (χ2n) is 4.58. The first kappa shape index (κ1) is 12.7. The lowest BCUT2D eigenvalue weighted by Crippen LogP contribution is -2.06. The van der Waals surface area contributed by atoms with Crippen LogP contribution in [0.3, 0.4) is 0 Å². The Labute approximate surface area is 116 Å². The van der Waals surface area contributed by atoms with Crippen molar-refractivity contribution < 1.29 is 8.42 Å². The van der Waals surface area contributed by atoms with Gasteiger partial charge in [-0.15, -0.1) is 0 Å². The van der Waals surface area contributed by atoms with Crippen LogP contribution in [0.2, 0.25) is 0 Å². The smallest absolute Gasteiger partial charge is 0.248 e. The number of benzene rings is 1. The van der Waals surface area contributed by atoms with Crippen molar-refractivity contribution in [1.82, 2.24) is 19.5 Å². The summed E-state index contributed by atoms with van der Waals surface area (Å²) >= 11 is 0. The SMILES string of the molecule is Cc1ccc2c(c1)ncn2-c1ccnc(S(C)(=O)=O)n1. The minimum atomic E-state index is -3.43. The largest absolute Gasteiger partial charge is 0.283 e. The van der Waals surface area contributed by atoms with Crippen LogP contribution in [0.5, 0.6) is 0 Å². The number of aromatic nitrogens is 4. The van der Waals surface area contributed by atoms with Crippen LogP contribution < -0.4 is 0 Å². The van der Waals surface area contributed by atoms with Crippen molar-refractivity contribution in [3.8, 4) is 5.82 Å². The number of rotatable bonds is 2. The maximum Gasteiger partial charge on any atom is 0.248 e. The van der Waals surface area contributed by atoms with Gasteiger partial charge in [0.05, 0.1) is 11.0 Å². The van der Waals surface area contributed by atoms with Gasteiger partial charge in [0.15, 0.2) is 0 Å². The van der Waals surface area contributed by atoms with Crippen molar-refractivity contribution >= 4 is 20.9 Å². The predicted octanol–water partition coefficient (Wildman–Crippen LogP) is 1.53. The van der Waals surface area contributed by atoms with E-state index in [0.29, 0.717) is 5.82 Å². The Balaban J connectivity index is 2.21. The second-order valence-corrected chi connectivity index (χ2v) is 6.49. The minimum Gasteiger partial charge on any atom is -0.283 e. The molecular weight excluding hydrogens is 276 g/mol. The number of fused-ring (bicyclic) bond motifs is 1. The van der Waals surface area contributed by atoms with Gasteiger partial charge < -0.3 is 0 Å². The summed E-state index contributed by atoms with van der Waals surface area (Å²) in [4.78, 5) is 12.2. The first-order valence-electron chi connectivity index (χ1n) is 5.92. The highest BCUT2D eigenvalue weighted by Crippen LogP contribution is 2.18. The summed E-state index contributed by atoms with van der Waals surface area (Å²) in [6.45, 7) is 1.99. The van der Waals surface area contributed by atoms with Gasteiger partial charge in [-0.2, -0.15) is 0 Å². The van der Waals surface area contributed by atoms with Crippen LogP contribution >= 0.6 is 0 Å². The lowest BCUT2D eigenvalue weighted by molar-refractivity contribution is 0.592. The normalized spacial score (nSPS) is 11.9. The molecule has 0 radical (unpaired) electrons. The third kappa shape index (κ3) is 2.16. The molecule has 0 N–H and O–H groups in total. The van der Waals surface area contributed by atoms with Crippen LogP contribution in [0, 0.1) is 6.92 Å². The van der Waals surface area contributed by atoms with E-state index in [2.05, 4.69) is 15.0 Å². The molecule has 0 bridgehead atoms. The van der Waals surface area contributed by atoms with E-state index in [1.54, 1.807) is 17.0 Å². The first-order valence-corrected chi connectivity index (χ1v) is 7.81. The number of imidazole rings is 1. The van der Waals surface area contributed by atoms with Crippen molar-refractivity contribution in [2.24, 2.45) is 0 Å². The van der Waals surface area contributed by atoms with E-state index in [4.69, 9.17) is 0 Å². The van der Waals surface area contributed by atoms with E-state index in [1.807, 2.05) is 25.1 Å². The summed E-state index contributed by atoms with van der Waals surface area (Å²) in [5.74, 6) is 0.478. The molecule has 7 heteroatoms. The fourth-order valence-electron chi connectivity index (χ4n) is 1.95. The molecule has 0 saturated carbocycles. The van der Waals surface area contributed by atoms with Gasteiger partial charge in [-0.05, 0) is 30.7 Å². The van der Waals surface area contributed by atoms with Crippen LogP contribution in [-0.4, -0.2) is 34.2 Å². The fraction of sp³-hybridized carbons (Fsp3) is 0.154. The number of sulfone groups is 1. The highest BCUT2D eigenvalue weighted by atomic mass is 32.2. The molecular formula is C13H12N4O2S. The van der Waals surface area contributed by atoms with Gasteiger partial charge >= 0.3 is 0 Å². The maximum atomic E-state index is 11.5. The fourth-order valence-corrected chi connectivity index (χ4v) is 2.46. The van der Waals surface area contributed by atoms with Crippen LogP contribution in [0.25, 0.3) is 16.9 Å². The molecule has 0 spiro atoms. The van der Waals surface area contributed by atoms with Crippen molar-refractivity contribution in [3.63, 3.8) is 0 Å². The van der Waals surface area contributed by atoms with Crippen LogP contribution in [0.15, 0.2) is 41.9 Å². The van der Waals surface area contributed by atoms with E-state index in [0.717, 1.165) is 22.9 Å². The van der Waals surface area contributed by atoms with Crippen LogP contribution in [0.1, 0.15) is 5.56 Å². The van der Waals surface area contributed by atoms with E-state index >= 15 is 0 Å². The van der Waals surface area contributed by atoms with Gasteiger partial charge in [0.1, 0.15) is 12.1 Å². The summed E-state index contributed by atoms with van der Waals surface area (Å²) in [7, 11) is -3.43. The Hall–Kier alpha value is -2.28. The zero-order valence-electron chi connectivity index (χ0n) is 11.0. The predicted molar refractivity (Wildman–Crippen MR) is 74.5 cm³/mol. The highest BCUT2D eigenvalue weighted by Gasteiger charge is 2.13. The number of hydrogen-bond donors (Lipinski definition) is 0. The molecule has 1 aromatic carbocycles. The molecule has 20 heavy (non-hydrogen) atoms. The molecule has 102 valence electrons. The van der Waals surface area contributed by atoms with Crippen molar-refractivity contribution in [2.45, 2.75) is 12.1 Å². The van der Waals surface area contributed by atoms with Gasteiger partial charge in [0, 0.05) is 12.5 Å². The molecule has 0 atom stereocenters. The van der Waals surface area contributed by atoms with Gasteiger partial charge in [-0.3, -0.25) is 4.57 Å². The second kappa shape index (κ2) is 4.38. The summed E-state index contributed by atoms with van der Waals surface area (Å²) in [6.07, 6.45) is 4.14. The lowest BCUT2D eigenvalue weighted by Gasteiger charge is -2.04. The Morgan fingerprint density at radius 2 is 1.95 bits per heavy atom. The molecule has 0 fully saturated rings. The van der Waals surface area contributed by atoms with Gasteiger partial charge in [0.25, 0.3) is 0 Å². The van der Waals surface area contributed by atoms with E-state index in [1.165, 1.54) is 6.20 Å². The standard InChI is InChI=1S/C13H12N4O2S/c1-9-3-4-11-10(7-9)15-8-17(11)12-5-6-14-13(16-12)20(2,18)19/h3-8H,1-2H3. The minimum absolute atomic E-state index is 0.191. The Kier molecular flexibility index (Phi) is 2.79. The molecule has 0 saturated heterocycles. The molecule has 6 nitrogen and oxygen atoms in total. The Morgan fingerprint density at radius 1 is 1.15 bits per heavy atom. The van der Waals surface area contributed by atoms with Crippen molar-refractivity contribution in [3.05, 3.63) is 42.4 Å². The first-order chi connectivity index (χ1) is 9.45. The van der Waals surface area contributed by atoms with E-state index in [9.17, 15) is 8.42 Å². The van der Waals surface area contributed by atoms with Gasteiger partial charge in [0.2, 0.25) is 15.0 Å². The number of hydrogen-bond acceptors (Lipinski definition) is 5. The summed E-state index contributed by atoms with van der Waals surface area (Å²) in [6, 6.07) is 7.51. The highest BCUT2D eigenvalue weighted by molar-refractivity contribution is 7.90. The topological polar surface area (TPSA) is 77.7 Å². The van der Waals surface area contributed by atoms with Gasteiger partial charge in [-0.25, -0.2) is 23.4 Å². The lowest BCUT2D eigenvalue weighted by atomic mass is 10.2. The number of nitrogens with zero attached hydrogens (tertiary/aromatic N) is 4. The quantitative estimate of drug-likeness (QED) is 0.668. The van der Waals surface area contributed by atoms with Crippen molar-refractivity contribution in [1.29, 1.82) is 0 Å². The molecule has 0 aliphatic heterocycles. The zero-order chi connectivity index (χ0) is 14.3. The zero-order valence-corrected chi connectivity index (χ0v) is 11.8. The van der Waals surface area contributed by atoms with Crippen LogP contribution in [0.4, 0.5) is 0 Å². The Morgan fingerprint density at radius 3 is 2.70 bits per heavy atom. The third-order valence-corrected chi connectivity index (χ3v) is 3.76. The maximum absolute atomic E-state index is 11.5. The summed E-state index contributed by atoms with van der Waals surface area (Å²) in [5.41, 5.74) is 2.82. The molecule has 2 heterocycles. The molecule has 2 aromatic heterocycles. The molecule has 0 amide bonds.